The van der Waals surface area contributed by atoms with Crippen LogP contribution in [0.25, 0.3) is 10.9 Å². The van der Waals surface area contributed by atoms with Crippen LogP contribution in [0.4, 0.5) is 0 Å². The number of hydrazone groups is 1. The Kier molecular flexibility index (Phi) is 5.71. The van der Waals surface area contributed by atoms with Crippen LogP contribution in [0.1, 0.15) is 28.5 Å². The van der Waals surface area contributed by atoms with Gasteiger partial charge < -0.3 is 9.30 Å². The maximum absolute atomic E-state index is 12.3. The second kappa shape index (κ2) is 8.36. The van der Waals surface area contributed by atoms with Crippen LogP contribution < -0.4 is 10.2 Å². The van der Waals surface area contributed by atoms with Gasteiger partial charge in [-0.25, -0.2) is 5.43 Å². The van der Waals surface area contributed by atoms with E-state index in [1.807, 2.05) is 32.1 Å². The van der Waals surface area contributed by atoms with Crippen LogP contribution in [0.15, 0.2) is 66.3 Å². The molecule has 1 amide bonds. The molecule has 0 spiro atoms. The third-order valence-electron chi connectivity index (χ3n) is 4.38. The monoisotopic (exact) mass is 361 g/mol. The summed E-state index contributed by atoms with van der Waals surface area (Å²) in [5.41, 5.74) is 6.31. The van der Waals surface area contributed by atoms with Gasteiger partial charge in [-0.05, 0) is 44.2 Å². The number of hydrogen-bond acceptors (Lipinski definition) is 3. The normalized spacial score (nSPS) is 11.0. The molecule has 2 aromatic carbocycles. The van der Waals surface area contributed by atoms with Gasteiger partial charge in [0, 0.05) is 34.3 Å². The van der Waals surface area contributed by atoms with E-state index in [1.165, 1.54) is 0 Å². The Balaban J connectivity index is 1.79. The Labute approximate surface area is 159 Å². The topological polar surface area (TPSA) is 55.6 Å². The average Bonchev–Trinajstić information content (AvgIpc) is 2.95. The molecule has 0 unspecified atom stereocenters. The molecule has 5 nitrogen and oxygen atoms in total. The number of amides is 1. The zero-order chi connectivity index (χ0) is 19.2. The quantitative estimate of drug-likeness (QED) is 0.387. The van der Waals surface area contributed by atoms with E-state index in [0.717, 1.165) is 34.5 Å². The Hall–Kier alpha value is -3.34. The summed E-state index contributed by atoms with van der Waals surface area (Å²) in [5, 5.41) is 5.26. The number of benzene rings is 2. The van der Waals surface area contributed by atoms with Crippen molar-refractivity contribution in [3.05, 3.63) is 78.0 Å². The van der Waals surface area contributed by atoms with Crippen LogP contribution in [-0.4, -0.2) is 23.3 Å². The number of nitrogens with zero attached hydrogens (tertiary/aromatic N) is 2. The molecular weight excluding hydrogens is 338 g/mol. The predicted molar refractivity (Wildman–Crippen MR) is 110 cm³/mol. The highest BCUT2D eigenvalue weighted by molar-refractivity contribution is 6.02. The number of fused-ring (bicyclic) bond motifs is 1. The molecule has 0 saturated heterocycles. The molecule has 0 atom stereocenters. The first-order chi connectivity index (χ1) is 13.2. The number of nitrogens with one attached hydrogen (secondary N) is 1. The molecule has 0 bridgehead atoms. The number of hydrogen-bond donors (Lipinski definition) is 1. The summed E-state index contributed by atoms with van der Waals surface area (Å²) < 4.78 is 7.56. The van der Waals surface area contributed by atoms with Crippen molar-refractivity contribution in [2.45, 2.75) is 20.4 Å². The van der Waals surface area contributed by atoms with E-state index in [1.54, 1.807) is 30.5 Å². The Morgan fingerprint density at radius 1 is 1.22 bits per heavy atom. The lowest BCUT2D eigenvalue weighted by atomic mass is 10.1. The molecule has 27 heavy (non-hydrogen) atoms. The molecule has 1 aromatic heterocycles. The van der Waals surface area contributed by atoms with Gasteiger partial charge in [-0.3, -0.25) is 4.79 Å². The summed E-state index contributed by atoms with van der Waals surface area (Å²) in [5.74, 6) is 0.477. The molecule has 0 aliphatic heterocycles. The molecule has 0 aliphatic rings. The maximum Gasteiger partial charge on any atom is 0.271 e. The van der Waals surface area contributed by atoms with Crippen LogP contribution in [0.2, 0.25) is 0 Å². The van der Waals surface area contributed by atoms with Gasteiger partial charge in [0.05, 0.1) is 12.8 Å². The predicted octanol–water partition coefficient (Wildman–Crippen LogP) is 4.30. The lowest BCUT2D eigenvalue weighted by Gasteiger charge is -2.04. The zero-order valence-corrected chi connectivity index (χ0v) is 15.6. The molecule has 3 rings (SSSR count). The van der Waals surface area contributed by atoms with Gasteiger partial charge in [-0.1, -0.05) is 24.3 Å². The largest absolute Gasteiger partial charge is 0.494 e. The number of carbonyl (C=O) groups excluding carboxylic acids is 1. The minimum Gasteiger partial charge on any atom is -0.494 e. The van der Waals surface area contributed by atoms with Gasteiger partial charge >= 0.3 is 0 Å². The second-order valence-corrected chi connectivity index (χ2v) is 6.07. The fourth-order valence-electron chi connectivity index (χ4n) is 3.07. The standard InChI is InChI=1S/C22H23N3O2/c1-4-14-25-16(3)20(19-8-6-7-9-21(19)25)15-23-24-22(26)17-10-12-18(13-11-17)27-5-2/h4,6-13,15H,1,5,14H2,2-3H3,(H,24,26)/b23-15-. The Morgan fingerprint density at radius 2 is 1.96 bits per heavy atom. The van der Waals surface area contributed by atoms with Gasteiger partial charge in [0.2, 0.25) is 0 Å². The molecule has 1 heterocycles. The molecule has 1 N–H and O–H groups in total. The molecule has 5 heteroatoms. The first-order valence-corrected chi connectivity index (χ1v) is 8.90. The third-order valence-corrected chi connectivity index (χ3v) is 4.38. The molecule has 0 radical (unpaired) electrons. The molecule has 0 saturated carbocycles. The SMILES string of the molecule is C=CCn1c(C)c(/C=N\NC(=O)c2ccc(OCC)cc2)c2ccccc21. The van der Waals surface area contributed by atoms with E-state index < -0.39 is 0 Å². The van der Waals surface area contributed by atoms with E-state index in [9.17, 15) is 4.79 Å². The minimum absolute atomic E-state index is 0.262. The summed E-state index contributed by atoms with van der Waals surface area (Å²) in [6.45, 7) is 9.10. The highest BCUT2D eigenvalue weighted by Crippen LogP contribution is 2.24. The first-order valence-electron chi connectivity index (χ1n) is 8.90. The second-order valence-electron chi connectivity index (χ2n) is 6.07. The van der Waals surface area contributed by atoms with Gasteiger partial charge in [-0.2, -0.15) is 5.10 Å². The van der Waals surface area contributed by atoms with Gasteiger partial charge in [0.1, 0.15) is 5.75 Å². The molecule has 138 valence electrons. The van der Waals surface area contributed by atoms with Crippen molar-refractivity contribution >= 4 is 23.0 Å². The minimum atomic E-state index is -0.262. The van der Waals surface area contributed by atoms with E-state index in [-0.39, 0.29) is 5.91 Å². The summed E-state index contributed by atoms with van der Waals surface area (Å²) in [4.78, 5) is 12.3. The summed E-state index contributed by atoms with van der Waals surface area (Å²) >= 11 is 0. The van der Waals surface area contributed by atoms with Crippen molar-refractivity contribution in [3.8, 4) is 5.75 Å². The molecule has 0 aliphatic carbocycles. The van der Waals surface area contributed by atoms with Crippen molar-refractivity contribution in [1.82, 2.24) is 9.99 Å². The van der Waals surface area contributed by atoms with Gasteiger partial charge in [0.15, 0.2) is 0 Å². The summed E-state index contributed by atoms with van der Waals surface area (Å²) in [6.07, 6.45) is 3.57. The smallest absolute Gasteiger partial charge is 0.271 e. The maximum atomic E-state index is 12.3. The van der Waals surface area contributed by atoms with Crippen molar-refractivity contribution in [1.29, 1.82) is 0 Å². The fraction of sp³-hybridized carbons (Fsp3) is 0.182. The highest BCUT2D eigenvalue weighted by atomic mass is 16.5. The average molecular weight is 361 g/mol. The van der Waals surface area contributed by atoms with E-state index in [0.29, 0.717) is 12.2 Å². The van der Waals surface area contributed by atoms with Crippen LogP contribution in [0.3, 0.4) is 0 Å². The lowest BCUT2D eigenvalue weighted by Crippen LogP contribution is -2.17. The van der Waals surface area contributed by atoms with Crippen LogP contribution in [0.5, 0.6) is 5.75 Å². The number of rotatable bonds is 7. The van der Waals surface area contributed by atoms with E-state index in [2.05, 4.69) is 33.8 Å². The molecular formula is C22H23N3O2. The number of aromatic nitrogens is 1. The number of allylic oxidation sites excluding steroid dienone is 1. The number of carbonyl (C=O) groups is 1. The van der Waals surface area contributed by atoms with E-state index >= 15 is 0 Å². The van der Waals surface area contributed by atoms with E-state index in [4.69, 9.17) is 4.74 Å². The van der Waals surface area contributed by atoms with Crippen molar-refractivity contribution in [3.63, 3.8) is 0 Å². The number of para-hydroxylation sites is 1. The van der Waals surface area contributed by atoms with Gasteiger partial charge in [-0.15, -0.1) is 6.58 Å². The van der Waals surface area contributed by atoms with Crippen LogP contribution >= 0.6 is 0 Å². The van der Waals surface area contributed by atoms with Gasteiger partial charge in [0.25, 0.3) is 5.91 Å². The van der Waals surface area contributed by atoms with Crippen molar-refractivity contribution in [2.24, 2.45) is 5.10 Å². The Morgan fingerprint density at radius 3 is 2.67 bits per heavy atom. The third kappa shape index (κ3) is 3.92. The van der Waals surface area contributed by atoms with Crippen molar-refractivity contribution in [2.75, 3.05) is 6.61 Å². The zero-order valence-electron chi connectivity index (χ0n) is 15.6. The van der Waals surface area contributed by atoms with Crippen LogP contribution in [-0.2, 0) is 6.54 Å². The summed E-state index contributed by atoms with van der Waals surface area (Å²) in [6, 6.07) is 15.1. The molecule has 0 fully saturated rings. The first kappa shape index (κ1) is 18.5. The highest BCUT2D eigenvalue weighted by Gasteiger charge is 2.11. The number of ether oxygens (including phenoxy) is 1. The molecule has 3 aromatic rings. The van der Waals surface area contributed by atoms with Crippen molar-refractivity contribution < 1.29 is 9.53 Å². The Bertz CT molecular complexity index is 985. The fourth-order valence-corrected chi connectivity index (χ4v) is 3.07. The van der Waals surface area contributed by atoms with Crippen LogP contribution in [0, 0.1) is 6.92 Å². The lowest BCUT2D eigenvalue weighted by molar-refractivity contribution is 0.0955. The summed E-state index contributed by atoms with van der Waals surface area (Å²) in [7, 11) is 0.